The zero-order valence-corrected chi connectivity index (χ0v) is 16.2. The van der Waals surface area contributed by atoms with Crippen LogP contribution in [0, 0.1) is 20.8 Å². The number of sulfonamides is 1. The van der Waals surface area contributed by atoms with Crippen LogP contribution in [-0.2, 0) is 16.6 Å². The van der Waals surface area contributed by atoms with E-state index in [-0.39, 0.29) is 4.90 Å². The molecule has 2 aromatic carbocycles. The summed E-state index contributed by atoms with van der Waals surface area (Å²) in [6, 6.07) is 9.68. The minimum Gasteiger partial charge on any atom is -0.308 e. The highest BCUT2D eigenvalue weighted by atomic mass is 32.2. The average molecular weight is 384 g/mol. The summed E-state index contributed by atoms with van der Waals surface area (Å²) in [5, 5.41) is 0. The van der Waals surface area contributed by atoms with Crippen LogP contribution in [0.3, 0.4) is 0 Å². The van der Waals surface area contributed by atoms with Crippen LogP contribution >= 0.6 is 0 Å². The number of benzene rings is 2. The van der Waals surface area contributed by atoms with Gasteiger partial charge in [-0.1, -0.05) is 17.7 Å². The first-order valence-corrected chi connectivity index (χ1v) is 10.1. The molecule has 1 aromatic heterocycles. The normalized spacial score (nSPS) is 13.8. The quantitative estimate of drug-likeness (QED) is 0.736. The molecule has 7 nitrogen and oxygen atoms in total. The van der Waals surface area contributed by atoms with E-state index in [1.54, 1.807) is 12.1 Å². The van der Waals surface area contributed by atoms with Crippen LogP contribution in [0.1, 0.15) is 16.7 Å². The molecule has 1 aliphatic heterocycles. The zero-order valence-electron chi connectivity index (χ0n) is 15.4. The summed E-state index contributed by atoms with van der Waals surface area (Å²) in [6.07, 6.45) is 0. The second kappa shape index (κ2) is 6.09. The fraction of sp³-hybridized carbons (Fsp3) is 0.263. The number of hydrogen-bond donors (Lipinski definition) is 1. The van der Waals surface area contributed by atoms with Crippen molar-refractivity contribution in [1.82, 2.24) is 14.3 Å². The van der Waals surface area contributed by atoms with E-state index in [1.807, 2.05) is 37.5 Å². The fourth-order valence-corrected chi connectivity index (χ4v) is 4.18. The van der Waals surface area contributed by atoms with Crippen molar-refractivity contribution in [2.45, 2.75) is 32.2 Å². The first-order valence-electron chi connectivity index (χ1n) is 8.65. The summed E-state index contributed by atoms with van der Waals surface area (Å²) < 4.78 is 29.1. The lowest BCUT2D eigenvalue weighted by atomic mass is 10.1. The molecule has 0 fully saturated rings. The number of aryl methyl sites for hydroxylation is 3. The molecule has 0 saturated carbocycles. The molecule has 0 bridgehead atoms. The van der Waals surface area contributed by atoms with Crippen LogP contribution in [0.25, 0.3) is 11.0 Å². The van der Waals surface area contributed by atoms with E-state index in [1.165, 1.54) is 17.0 Å². The first kappa shape index (κ1) is 17.5. The van der Waals surface area contributed by atoms with Gasteiger partial charge in [0.05, 0.1) is 15.9 Å². The second-order valence-electron chi connectivity index (χ2n) is 6.86. The minimum atomic E-state index is -3.94. The number of carbonyl (C=O) groups excluding carboxylic acids is 1. The first-order chi connectivity index (χ1) is 12.8. The Morgan fingerprint density at radius 2 is 1.70 bits per heavy atom. The highest BCUT2D eigenvalue weighted by Crippen LogP contribution is 2.29. The topological polar surface area (TPSA) is 84.3 Å². The van der Waals surface area contributed by atoms with Crippen molar-refractivity contribution < 1.29 is 13.2 Å². The molecule has 1 aliphatic rings. The third-order valence-electron chi connectivity index (χ3n) is 4.93. The molecule has 4 rings (SSSR count). The van der Waals surface area contributed by atoms with E-state index in [0.717, 1.165) is 27.7 Å². The summed E-state index contributed by atoms with van der Waals surface area (Å²) in [5.74, 6) is 0.464. The molecule has 0 spiro atoms. The van der Waals surface area contributed by atoms with E-state index >= 15 is 0 Å². The lowest BCUT2D eigenvalue weighted by Gasteiger charge is -2.15. The van der Waals surface area contributed by atoms with Crippen molar-refractivity contribution in [2.75, 3.05) is 11.4 Å². The Morgan fingerprint density at radius 3 is 2.41 bits per heavy atom. The summed E-state index contributed by atoms with van der Waals surface area (Å²) >= 11 is 0. The highest BCUT2D eigenvalue weighted by Gasteiger charge is 2.31. The molecule has 0 radical (unpaired) electrons. The maximum atomic E-state index is 12.7. The molecule has 2 heterocycles. The number of rotatable bonds is 2. The molecular formula is C19H20N4O3S. The molecule has 27 heavy (non-hydrogen) atoms. The predicted molar refractivity (Wildman–Crippen MR) is 103 cm³/mol. The number of urea groups is 1. The molecule has 0 saturated heterocycles. The van der Waals surface area contributed by atoms with E-state index in [0.29, 0.717) is 19.0 Å². The number of fused-ring (bicyclic) bond motifs is 3. The minimum absolute atomic E-state index is 0.0559. The Hall–Kier alpha value is -2.87. The second-order valence-corrected chi connectivity index (χ2v) is 8.55. The molecule has 1 N–H and O–H groups in total. The van der Waals surface area contributed by atoms with Crippen molar-refractivity contribution >= 4 is 33.0 Å². The molecule has 0 atom stereocenters. The van der Waals surface area contributed by atoms with Crippen molar-refractivity contribution in [3.63, 3.8) is 0 Å². The Labute approximate surface area is 157 Å². The third-order valence-corrected chi connectivity index (χ3v) is 6.27. The molecule has 3 aromatic rings. The number of anilines is 1. The van der Waals surface area contributed by atoms with Gasteiger partial charge in [0.2, 0.25) is 5.95 Å². The van der Waals surface area contributed by atoms with Gasteiger partial charge in [-0.05, 0) is 56.2 Å². The van der Waals surface area contributed by atoms with Gasteiger partial charge in [-0.2, -0.15) is 0 Å². The fourth-order valence-electron chi connectivity index (χ4n) is 3.23. The maximum Gasteiger partial charge on any atom is 0.338 e. The van der Waals surface area contributed by atoms with Crippen LogP contribution in [-0.4, -0.2) is 30.5 Å². The number of imidazole rings is 1. The van der Waals surface area contributed by atoms with Gasteiger partial charge in [-0.15, -0.1) is 0 Å². The SMILES string of the molecule is Cc1ccc(S(=O)(=O)NC(=O)N2CCn3c2nc2cc(C)c(C)cc23)cc1. The standard InChI is InChI=1S/C19H20N4O3S/c1-12-4-6-15(7-5-12)27(25,26)21-19(24)23-9-8-22-17-11-14(3)13(2)10-16(17)20-18(22)23/h4-7,10-11H,8-9H2,1-3H3,(H,21,24). The summed E-state index contributed by atoms with van der Waals surface area (Å²) in [7, 11) is -3.94. The van der Waals surface area contributed by atoms with Crippen molar-refractivity contribution in [3.05, 3.63) is 53.1 Å². The van der Waals surface area contributed by atoms with Crippen LogP contribution < -0.4 is 9.62 Å². The number of nitrogens with one attached hydrogen (secondary N) is 1. The van der Waals surface area contributed by atoms with Gasteiger partial charge in [-0.25, -0.2) is 22.9 Å². The van der Waals surface area contributed by atoms with Gasteiger partial charge >= 0.3 is 6.03 Å². The molecule has 0 unspecified atom stereocenters. The number of aromatic nitrogens is 2. The largest absolute Gasteiger partial charge is 0.338 e. The Morgan fingerprint density at radius 1 is 1.04 bits per heavy atom. The van der Waals surface area contributed by atoms with Gasteiger partial charge < -0.3 is 4.57 Å². The number of nitrogens with zero attached hydrogens (tertiary/aromatic N) is 3. The summed E-state index contributed by atoms with van der Waals surface area (Å²) in [4.78, 5) is 18.6. The molecule has 140 valence electrons. The van der Waals surface area contributed by atoms with E-state index in [4.69, 9.17) is 0 Å². The molecular weight excluding hydrogens is 364 g/mol. The van der Waals surface area contributed by atoms with Crippen LogP contribution in [0.5, 0.6) is 0 Å². The predicted octanol–water partition coefficient (Wildman–Crippen LogP) is 2.88. The smallest absolute Gasteiger partial charge is 0.308 e. The van der Waals surface area contributed by atoms with Crippen LogP contribution in [0.15, 0.2) is 41.3 Å². The molecule has 8 heteroatoms. The highest BCUT2D eigenvalue weighted by molar-refractivity contribution is 7.90. The van der Waals surface area contributed by atoms with Gasteiger partial charge in [0.25, 0.3) is 10.0 Å². The zero-order chi connectivity index (χ0) is 19.3. The van der Waals surface area contributed by atoms with Crippen molar-refractivity contribution in [1.29, 1.82) is 0 Å². The Bertz CT molecular complexity index is 1160. The van der Waals surface area contributed by atoms with Crippen LogP contribution in [0.2, 0.25) is 0 Å². The Kier molecular flexibility index (Phi) is 3.96. The van der Waals surface area contributed by atoms with E-state index < -0.39 is 16.1 Å². The number of amides is 2. The van der Waals surface area contributed by atoms with Crippen molar-refractivity contribution in [2.24, 2.45) is 0 Å². The number of hydrogen-bond acceptors (Lipinski definition) is 4. The van der Waals surface area contributed by atoms with E-state index in [9.17, 15) is 13.2 Å². The average Bonchev–Trinajstić information content (AvgIpc) is 3.15. The Balaban J connectivity index is 1.64. The van der Waals surface area contributed by atoms with Gasteiger partial charge in [0, 0.05) is 13.1 Å². The molecule has 2 amide bonds. The monoisotopic (exact) mass is 384 g/mol. The third kappa shape index (κ3) is 2.95. The van der Waals surface area contributed by atoms with Gasteiger partial charge in [0.15, 0.2) is 0 Å². The number of carbonyl (C=O) groups is 1. The van der Waals surface area contributed by atoms with Crippen LogP contribution in [0.4, 0.5) is 10.7 Å². The molecule has 0 aliphatic carbocycles. The summed E-state index contributed by atoms with van der Waals surface area (Å²) in [5.41, 5.74) is 4.96. The van der Waals surface area contributed by atoms with E-state index in [2.05, 4.69) is 9.71 Å². The van der Waals surface area contributed by atoms with Gasteiger partial charge in [-0.3, -0.25) is 4.90 Å². The maximum absolute atomic E-state index is 12.7. The van der Waals surface area contributed by atoms with Gasteiger partial charge in [0.1, 0.15) is 0 Å². The summed E-state index contributed by atoms with van der Waals surface area (Å²) in [6.45, 7) is 6.86. The lowest BCUT2D eigenvalue weighted by molar-refractivity contribution is 0.251. The van der Waals surface area contributed by atoms with Crippen molar-refractivity contribution in [3.8, 4) is 0 Å². The lowest BCUT2D eigenvalue weighted by Crippen LogP contribution is -2.42.